The first-order chi connectivity index (χ1) is 16.4. The second kappa shape index (κ2) is 9.41. The van der Waals surface area contributed by atoms with Gasteiger partial charge in [-0.25, -0.2) is 27.2 Å². The van der Waals surface area contributed by atoms with Crippen LogP contribution >= 0.6 is 0 Å². The number of benzene rings is 1. The average Bonchev–Trinajstić information content (AvgIpc) is 3.41. The molecule has 0 spiro atoms. The molecule has 2 aromatic heterocycles. The van der Waals surface area contributed by atoms with Gasteiger partial charge in [0.05, 0.1) is 12.5 Å². The van der Waals surface area contributed by atoms with E-state index in [1.54, 1.807) is 7.05 Å². The van der Waals surface area contributed by atoms with E-state index in [-0.39, 0.29) is 23.9 Å². The molecule has 0 saturated carbocycles. The van der Waals surface area contributed by atoms with Crippen molar-refractivity contribution in [3.05, 3.63) is 66.3 Å². The summed E-state index contributed by atoms with van der Waals surface area (Å²) in [5, 5.41) is 2.81. The third kappa shape index (κ3) is 5.70. The summed E-state index contributed by atoms with van der Waals surface area (Å²) in [5.74, 6) is -2.71. The minimum atomic E-state index is -4.66. The van der Waals surface area contributed by atoms with Gasteiger partial charge in [-0.1, -0.05) is 12.1 Å². The summed E-state index contributed by atoms with van der Waals surface area (Å²) >= 11 is 0. The van der Waals surface area contributed by atoms with Gasteiger partial charge >= 0.3 is 6.18 Å². The van der Waals surface area contributed by atoms with Crippen LogP contribution < -0.4 is 10.1 Å². The van der Waals surface area contributed by atoms with Crippen LogP contribution in [-0.2, 0) is 17.1 Å². The van der Waals surface area contributed by atoms with Crippen LogP contribution in [0.1, 0.15) is 11.5 Å². The number of nitrogens with zero attached hydrogens (tertiary/aromatic N) is 4. The Hall–Kier alpha value is -3.26. The second-order valence-electron chi connectivity index (χ2n) is 8.01. The zero-order valence-corrected chi connectivity index (χ0v) is 19.0. The van der Waals surface area contributed by atoms with Crippen LogP contribution in [0.25, 0.3) is 0 Å². The van der Waals surface area contributed by atoms with Gasteiger partial charge in [0.25, 0.3) is 10.0 Å². The van der Waals surface area contributed by atoms with Crippen LogP contribution in [0.15, 0.2) is 54.1 Å². The molecule has 3 heterocycles. The Morgan fingerprint density at radius 1 is 1.14 bits per heavy atom. The van der Waals surface area contributed by atoms with E-state index in [1.165, 1.54) is 45.7 Å². The lowest BCUT2D eigenvalue weighted by Gasteiger charge is -2.21. The number of hydrogen-bond acceptors (Lipinski definition) is 6. The number of hydrogen-bond donors (Lipinski definition) is 1. The van der Waals surface area contributed by atoms with E-state index in [4.69, 9.17) is 0 Å². The highest BCUT2D eigenvalue weighted by molar-refractivity contribution is 7.89. The van der Waals surface area contributed by atoms with Crippen LogP contribution in [0, 0.1) is 11.6 Å². The van der Waals surface area contributed by atoms with Crippen LogP contribution in [0.4, 0.5) is 27.8 Å². The fourth-order valence-corrected chi connectivity index (χ4v) is 5.23. The van der Waals surface area contributed by atoms with E-state index < -0.39 is 52.2 Å². The zero-order chi connectivity index (χ0) is 25.4. The molecule has 1 aromatic carbocycles. The first-order valence-electron chi connectivity index (χ1n) is 10.3. The summed E-state index contributed by atoms with van der Waals surface area (Å²) in [6, 6.07) is 5.84. The molecule has 1 N–H and O–H groups in total. The van der Waals surface area contributed by atoms with Gasteiger partial charge in [0.15, 0.2) is 23.2 Å². The van der Waals surface area contributed by atoms with E-state index in [1.807, 2.05) is 0 Å². The number of aromatic nitrogens is 3. The maximum atomic E-state index is 13.9. The average molecular weight is 517 g/mol. The van der Waals surface area contributed by atoms with Crippen molar-refractivity contribution in [2.24, 2.45) is 7.05 Å². The van der Waals surface area contributed by atoms with Gasteiger partial charge in [-0.3, -0.25) is 0 Å². The number of alkyl halides is 3. The molecule has 0 amide bonds. The van der Waals surface area contributed by atoms with Crippen molar-refractivity contribution in [3.8, 4) is 5.75 Å². The summed E-state index contributed by atoms with van der Waals surface area (Å²) < 4.78 is 98.3. The molecule has 35 heavy (non-hydrogen) atoms. The summed E-state index contributed by atoms with van der Waals surface area (Å²) in [5.41, 5.74) is 0.623. The maximum absolute atomic E-state index is 13.9. The topological polar surface area (TPSA) is 89.4 Å². The van der Waals surface area contributed by atoms with Crippen molar-refractivity contribution >= 4 is 15.8 Å². The molecule has 0 unspecified atom stereocenters. The van der Waals surface area contributed by atoms with Crippen LogP contribution in [0.3, 0.4) is 0 Å². The minimum Gasteiger partial charge on any atom is -0.481 e. The first-order valence-corrected chi connectivity index (χ1v) is 11.7. The van der Waals surface area contributed by atoms with Crippen molar-refractivity contribution < 1.29 is 35.1 Å². The van der Waals surface area contributed by atoms with Gasteiger partial charge in [0.2, 0.25) is 0 Å². The van der Waals surface area contributed by atoms with E-state index in [9.17, 15) is 30.4 Å². The van der Waals surface area contributed by atoms with Crippen molar-refractivity contribution in [2.45, 2.75) is 23.2 Å². The standard InChI is InChI=1S/C21H20F5N5O3S/c1-30-10-20(28-12-30)35(32,33)31-8-15(13-2-4-14(22)5-3-13)17(9-31)29-19-6-18(16(23)7-27-19)34-11-21(24,25)26/h2-7,10,12,15,17H,8-9,11H2,1H3,(H,27,29)/t15-,17+/m1/s1. The van der Waals surface area contributed by atoms with E-state index in [2.05, 4.69) is 20.0 Å². The molecule has 8 nitrogen and oxygen atoms in total. The normalized spacial score (nSPS) is 19.1. The Kier molecular flexibility index (Phi) is 6.68. The zero-order valence-electron chi connectivity index (χ0n) is 18.2. The molecule has 0 radical (unpaired) electrons. The second-order valence-corrected chi connectivity index (χ2v) is 9.90. The fourth-order valence-electron chi connectivity index (χ4n) is 3.77. The lowest BCUT2D eigenvalue weighted by Crippen LogP contribution is -2.32. The molecule has 3 aromatic rings. The highest BCUT2D eigenvalue weighted by Gasteiger charge is 2.41. The van der Waals surface area contributed by atoms with Gasteiger partial charge in [0, 0.05) is 44.4 Å². The molecule has 0 aliphatic carbocycles. The SMILES string of the molecule is Cn1cnc(S(=O)(=O)N2C[C@H](Nc3cc(OCC(F)(F)F)c(F)cn3)[C@@H](c3ccc(F)cc3)C2)c1. The van der Waals surface area contributed by atoms with Gasteiger partial charge < -0.3 is 14.6 Å². The van der Waals surface area contributed by atoms with Gasteiger partial charge in [0.1, 0.15) is 11.6 Å². The molecule has 1 fully saturated rings. The number of pyridine rings is 1. The summed E-state index contributed by atoms with van der Waals surface area (Å²) in [4.78, 5) is 7.76. The largest absolute Gasteiger partial charge is 0.481 e. The fraction of sp³-hybridized carbons (Fsp3) is 0.333. The Morgan fingerprint density at radius 3 is 2.49 bits per heavy atom. The van der Waals surface area contributed by atoms with Crippen molar-refractivity contribution in [1.29, 1.82) is 0 Å². The van der Waals surface area contributed by atoms with E-state index >= 15 is 0 Å². The number of aryl methyl sites for hydroxylation is 1. The Morgan fingerprint density at radius 2 is 1.86 bits per heavy atom. The highest BCUT2D eigenvalue weighted by atomic mass is 32.2. The molecule has 1 aliphatic rings. The number of ether oxygens (including phenoxy) is 1. The van der Waals surface area contributed by atoms with Crippen LogP contribution in [-0.4, -0.2) is 59.2 Å². The Labute approximate surface area is 197 Å². The molecule has 14 heteroatoms. The number of anilines is 1. The van der Waals surface area contributed by atoms with Crippen molar-refractivity contribution in [2.75, 3.05) is 25.0 Å². The predicted octanol–water partition coefficient (Wildman–Crippen LogP) is 3.30. The number of imidazole rings is 1. The highest BCUT2D eigenvalue weighted by Crippen LogP contribution is 2.34. The monoisotopic (exact) mass is 517 g/mol. The molecule has 0 bridgehead atoms. The van der Waals surface area contributed by atoms with Crippen LogP contribution in [0.2, 0.25) is 0 Å². The molecule has 2 atom stereocenters. The van der Waals surface area contributed by atoms with E-state index in [0.717, 1.165) is 6.07 Å². The number of nitrogens with one attached hydrogen (secondary N) is 1. The summed E-state index contributed by atoms with van der Waals surface area (Å²) in [6.07, 6.45) is -1.25. The number of sulfonamides is 1. The number of halogens is 5. The molecular weight excluding hydrogens is 497 g/mol. The number of rotatable bonds is 7. The molecule has 188 valence electrons. The maximum Gasteiger partial charge on any atom is 0.422 e. The summed E-state index contributed by atoms with van der Waals surface area (Å²) in [6.45, 7) is -1.73. The van der Waals surface area contributed by atoms with Crippen molar-refractivity contribution in [1.82, 2.24) is 18.8 Å². The Balaban J connectivity index is 1.61. The summed E-state index contributed by atoms with van der Waals surface area (Å²) in [7, 11) is -2.35. The molecular formula is C21H20F5N5O3S. The first kappa shape index (κ1) is 24.9. The third-order valence-electron chi connectivity index (χ3n) is 5.41. The smallest absolute Gasteiger partial charge is 0.422 e. The molecule has 1 aliphatic heterocycles. The Bertz CT molecular complexity index is 1300. The van der Waals surface area contributed by atoms with Gasteiger partial charge in [-0.2, -0.15) is 17.5 Å². The van der Waals surface area contributed by atoms with Gasteiger partial charge in [-0.15, -0.1) is 0 Å². The van der Waals surface area contributed by atoms with Crippen LogP contribution in [0.5, 0.6) is 5.75 Å². The van der Waals surface area contributed by atoms with Crippen molar-refractivity contribution in [3.63, 3.8) is 0 Å². The minimum absolute atomic E-state index is 0.0147. The third-order valence-corrected chi connectivity index (χ3v) is 7.13. The predicted molar refractivity (Wildman–Crippen MR) is 114 cm³/mol. The molecule has 1 saturated heterocycles. The van der Waals surface area contributed by atoms with Gasteiger partial charge in [-0.05, 0) is 17.7 Å². The molecule has 4 rings (SSSR count). The lowest BCUT2D eigenvalue weighted by atomic mass is 9.94. The lowest BCUT2D eigenvalue weighted by molar-refractivity contribution is -0.153. The van der Waals surface area contributed by atoms with E-state index in [0.29, 0.717) is 11.8 Å². The quantitative estimate of drug-likeness (QED) is 0.484.